The summed E-state index contributed by atoms with van der Waals surface area (Å²) in [5.41, 5.74) is 10.4. The maximum atomic E-state index is 2.51. The van der Waals surface area contributed by atoms with Gasteiger partial charge in [0.2, 0.25) is 0 Å². The molecule has 0 amide bonds. The third kappa shape index (κ3) is 4.64. The molecule has 29 heavy (non-hydrogen) atoms. The van der Waals surface area contributed by atoms with E-state index in [0.717, 1.165) is 12.8 Å². The number of fused-ring (bicyclic) bond motifs is 3. The van der Waals surface area contributed by atoms with Crippen molar-refractivity contribution in [1.29, 1.82) is 0 Å². The number of benzene rings is 3. The largest absolute Gasteiger partial charge is 0.0654 e. The molecule has 3 aromatic rings. The van der Waals surface area contributed by atoms with Gasteiger partial charge >= 0.3 is 0 Å². The third-order valence-corrected chi connectivity index (χ3v) is 6.47. The lowest BCUT2D eigenvalue weighted by atomic mass is 9.87. The first kappa shape index (κ1) is 20.0. The SMILES string of the molecule is CCCCCc1ccc2c(c1)CC(c1ccc(CCC)cc1)Cc1ccccc1-2. The highest BCUT2D eigenvalue weighted by Gasteiger charge is 2.22. The Kier molecular flexibility index (Phi) is 6.49. The van der Waals surface area contributed by atoms with E-state index in [4.69, 9.17) is 0 Å². The molecule has 1 unspecified atom stereocenters. The molecular weight excluding hydrogens is 348 g/mol. The van der Waals surface area contributed by atoms with Gasteiger partial charge in [-0.2, -0.15) is 0 Å². The average Bonchev–Trinajstić information content (AvgIpc) is 2.91. The van der Waals surface area contributed by atoms with Gasteiger partial charge in [-0.05, 0) is 77.0 Å². The minimum absolute atomic E-state index is 0.555. The maximum Gasteiger partial charge on any atom is -0.00806 e. The summed E-state index contributed by atoms with van der Waals surface area (Å²) in [5.74, 6) is 0.555. The quantitative estimate of drug-likeness (QED) is 0.364. The molecule has 1 aliphatic rings. The van der Waals surface area contributed by atoms with Crippen LogP contribution in [0, 0.1) is 0 Å². The predicted molar refractivity (Wildman–Crippen MR) is 126 cm³/mol. The number of hydrogen-bond acceptors (Lipinski definition) is 0. The predicted octanol–water partition coefficient (Wildman–Crippen LogP) is 7.92. The van der Waals surface area contributed by atoms with Crippen LogP contribution in [0.1, 0.15) is 73.3 Å². The van der Waals surface area contributed by atoms with E-state index in [2.05, 4.69) is 80.6 Å². The standard InChI is InChI=1S/C29H34/c1-3-5-6-10-23-15-18-29-27(19-23)21-26(20-25-11-7-8-12-28(25)29)24-16-13-22(9-4-2)14-17-24/h7-8,11-19,26H,3-6,9-10,20-21H2,1-2H3. The zero-order chi connectivity index (χ0) is 20.1. The molecule has 0 N–H and O–H groups in total. The summed E-state index contributed by atoms with van der Waals surface area (Å²) in [5, 5.41) is 0. The highest BCUT2D eigenvalue weighted by molar-refractivity contribution is 5.72. The Morgan fingerprint density at radius 1 is 0.655 bits per heavy atom. The zero-order valence-corrected chi connectivity index (χ0v) is 18.1. The van der Waals surface area contributed by atoms with Crippen LogP contribution in [0.3, 0.4) is 0 Å². The Morgan fingerprint density at radius 3 is 2.17 bits per heavy atom. The molecule has 0 spiro atoms. The lowest BCUT2D eigenvalue weighted by Gasteiger charge is -2.17. The van der Waals surface area contributed by atoms with Crippen molar-refractivity contribution in [2.24, 2.45) is 0 Å². The summed E-state index contributed by atoms with van der Waals surface area (Å²) >= 11 is 0. The highest BCUT2D eigenvalue weighted by Crippen LogP contribution is 2.38. The number of unbranched alkanes of at least 4 members (excludes halogenated alkanes) is 2. The molecule has 0 aromatic heterocycles. The van der Waals surface area contributed by atoms with Gasteiger partial charge in [0.05, 0.1) is 0 Å². The molecule has 0 heterocycles. The van der Waals surface area contributed by atoms with Gasteiger partial charge in [-0.1, -0.05) is 99.8 Å². The van der Waals surface area contributed by atoms with Crippen molar-refractivity contribution >= 4 is 0 Å². The second-order valence-corrected chi connectivity index (χ2v) is 8.70. The van der Waals surface area contributed by atoms with E-state index in [9.17, 15) is 0 Å². The molecule has 0 bridgehead atoms. The minimum Gasteiger partial charge on any atom is -0.0654 e. The summed E-state index contributed by atoms with van der Waals surface area (Å²) in [6, 6.07) is 25.8. The first-order valence-corrected chi connectivity index (χ1v) is 11.6. The van der Waals surface area contributed by atoms with Gasteiger partial charge in [-0.15, -0.1) is 0 Å². The molecule has 0 fully saturated rings. The average molecular weight is 383 g/mol. The van der Waals surface area contributed by atoms with Crippen LogP contribution in [0.25, 0.3) is 11.1 Å². The Balaban J connectivity index is 1.68. The fraction of sp³-hybridized carbons (Fsp3) is 0.379. The molecule has 0 heteroatoms. The van der Waals surface area contributed by atoms with Crippen molar-refractivity contribution in [3.8, 4) is 11.1 Å². The summed E-state index contributed by atoms with van der Waals surface area (Å²) in [4.78, 5) is 0. The van der Waals surface area contributed by atoms with E-state index in [0.29, 0.717) is 5.92 Å². The molecule has 0 saturated carbocycles. The van der Waals surface area contributed by atoms with Crippen LogP contribution in [0.4, 0.5) is 0 Å². The van der Waals surface area contributed by atoms with E-state index in [1.807, 2.05) is 0 Å². The second-order valence-electron chi connectivity index (χ2n) is 8.70. The normalized spacial score (nSPS) is 15.4. The Bertz CT molecular complexity index is 933. The molecule has 3 aromatic carbocycles. The van der Waals surface area contributed by atoms with E-state index in [1.54, 1.807) is 0 Å². The molecule has 1 atom stereocenters. The lowest BCUT2D eigenvalue weighted by molar-refractivity contribution is 0.685. The van der Waals surface area contributed by atoms with Crippen molar-refractivity contribution in [3.05, 3.63) is 94.5 Å². The smallest absolute Gasteiger partial charge is 0.00806 e. The Labute approximate surface area is 177 Å². The third-order valence-electron chi connectivity index (χ3n) is 6.47. The molecular formula is C29H34. The lowest BCUT2D eigenvalue weighted by Crippen LogP contribution is -2.05. The number of aryl methyl sites for hydroxylation is 2. The van der Waals surface area contributed by atoms with E-state index < -0.39 is 0 Å². The molecule has 0 radical (unpaired) electrons. The van der Waals surface area contributed by atoms with E-state index >= 15 is 0 Å². The van der Waals surface area contributed by atoms with Crippen molar-refractivity contribution in [2.45, 2.75) is 71.1 Å². The first-order valence-electron chi connectivity index (χ1n) is 11.6. The van der Waals surface area contributed by atoms with Crippen LogP contribution in [-0.2, 0) is 25.7 Å². The minimum atomic E-state index is 0.555. The fourth-order valence-electron chi connectivity index (χ4n) is 4.86. The molecule has 0 saturated heterocycles. The van der Waals surface area contributed by atoms with E-state index in [-0.39, 0.29) is 0 Å². The van der Waals surface area contributed by atoms with Crippen molar-refractivity contribution in [3.63, 3.8) is 0 Å². The van der Waals surface area contributed by atoms with Gasteiger partial charge in [-0.3, -0.25) is 0 Å². The van der Waals surface area contributed by atoms with Crippen molar-refractivity contribution < 1.29 is 0 Å². The highest BCUT2D eigenvalue weighted by atomic mass is 14.3. The van der Waals surface area contributed by atoms with Gasteiger partial charge in [0, 0.05) is 0 Å². The van der Waals surface area contributed by atoms with Gasteiger partial charge in [0.1, 0.15) is 0 Å². The summed E-state index contributed by atoms with van der Waals surface area (Å²) in [6.07, 6.45) is 9.78. The van der Waals surface area contributed by atoms with Crippen LogP contribution in [0.5, 0.6) is 0 Å². The van der Waals surface area contributed by atoms with Gasteiger partial charge < -0.3 is 0 Å². The summed E-state index contributed by atoms with van der Waals surface area (Å²) < 4.78 is 0. The second kappa shape index (κ2) is 9.44. The molecule has 0 aliphatic heterocycles. The number of hydrogen-bond donors (Lipinski definition) is 0. The van der Waals surface area contributed by atoms with Crippen LogP contribution in [0.15, 0.2) is 66.7 Å². The monoisotopic (exact) mass is 382 g/mol. The first-order chi connectivity index (χ1) is 14.3. The molecule has 4 rings (SSSR count). The van der Waals surface area contributed by atoms with Crippen LogP contribution in [0.2, 0.25) is 0 Å². The zero-order valence-electron chi connectivity index (χ0n) is 18.1. The number of rotatable bonds is 7. The Hall–Kier alpha value is -2.34. The topological polar surface area (TPSA) is 0 Å². The van der Waals surface area contributed by atoms with Crippen LogP contribution < -0.4 is 0 Å². The Morgan fingerprint density at radius 2 is 1.38 bits per heavy atom. The van der Waals surface area contributed by atoms with Crippen molar-refractivity contribution in [2.75, 3.05) is 0 Å². The van der Waals surface area contributed by atoms with Crippen molar-refractivity contribution in [1.82, 2.24) is 0 Å². The molecule has 150 valence electrons. The maximum absolute atomic E-state index is 2.51. The summed E-state index contributed by atoms with van der Waals surface area (Å²) in [6.45, 7) is 4.54. The molecule has 0 nitrogen and oxygen atoms in total. The molecule has 1 aliphatic carbocycles. The fourth-order valence-corrected chi connectivity index (χ4v) is 4.86. The van der Waals surface area contributed by atoms with Crippen LogP contribution in [-0.4, -0.2) is 0 Å². The van der Waals surface area contributed by atoms with E-state index in [1.165, 1.54) is 77.5 Å². The van der Waals surface area contributed by atoms with Crippen LogP contribution >= 0.6 is 0 Å². The van der Waals surface area contributed by atoms with Gasteiger partial charge in [0.15, 0.2) is 0 Å². The van der Waals surface area contributed by atoms with Gasteiger partial charge in [0.25, 0.3) is 0 Å². The summed E-state index contributed by atoms with van der Waals surface area (Å²) in [7, 11) is 0. The van der Waals surface area contributed by atoms with Gasteiger partial charge in [-0.25, -0.2) is 0 Å².